The van der Waals surface area contributed by atoms with Crippen LogP contribution in [0.1, 0.15) is 33.6 Å². The van der Waals surface area contributed by atoms with E-state index in [-0.39, 0.29) is 18.2 Å². The van der Waals surface area contributed by atoms with Gasteiger partial charge < -0.3 is 30.0 Å². The van der Waals surface area contributed by atoms with Crippen molar-refractivity contribution in [3.05, 3.63) is 24.7 Å². The molecule has 12 heteroatoms. The highest BCUT2D eigenvalue weighted by Crippen LogP contribution is 2.30. The summed E-state index contributed by atoms with van der Waals surface area (Å²) in [6.07, 6.45) is 6.79. The predicted molar refractivity (Wildman–Crippen MR) is 148 cm³/mol. The minimum Gasteiger partial charge on any atom is -0.444 e. The molecule has 0 spiro atoms. The van der Waals surface area contributed by atoms with Gasteiger partial charge in [-0.15, -0.1) is 0 Å². The van der Waals surface area contributed by atoms with Crippen LogP contribution in [0.15, 0.2) is 24.7 Å². The molecule has 0 radical (unpaired) electrons. The van der Waals surface area contributed by atoms with E-state index in [1.165, 1.54) is 0 Å². The van der Waals surface area contributed by atoms with Crippen LogP contribution >= 0.6 is 0 Å². The molecule has 4 rings (SSSR count). The Labute approximate surface area is 219 Å². The Kier molecular flexibility index (Phi) is 7.79. The van der Waals surface area contributed by atoms with Crippen molar-refractivity contribution in [3.8, 4) is 0 Å². The average Bonchev–Trinajstić information content (AvgIpc) is 3.33. The molecule has 0 unspecified atom stereocenters. The van der Waals surface area contributed by atoms with E-state index in [9.17, 15) is 4.79 Å². The molecule has 0 aliphatic heterocycles. The van der Waals surface area contributed by atoms with Gasteiger partial charge in [0.05, 0.1) is 17.3 Å². The van der Waals surface area contributed by atoms with Crippen LogP contribution in [0.25, 0.3) is 11.0 Å². The van der Waals surface area contributed by atoms with Gasteiger partial charge in [-0.05, 0) is 45.7 Å². The Bertz CT molecular complexity index is 1220. The number of anilines is 3. The maximum absolute atomic E-state index is 12.1. The van der Waals surface area contributed by atoms with E-state index >= 15 is 0 Å². The van der Waals surface area contributed by atoms with Crippen LogP contribution in [0.3, 0.4) is 0 Å². The number of hydrogen-bond donors (Lipinski definition) is 3. The van der Waals surface area contributed by atoms with E-state index in [2.05, 4.69) is 40.7 Å². The topological polar surface area (TPSA) is 120 Å². The van der Waals surface area contributed by atoms with Crippen molar-refractivity contribution in [2.75, 3.05) is 17.2 Å². The van der Waals surface area contributed by atoms with Gasteiger partial charge in [0.15, 0.2) is 0 Å². The molecule has 1 aliphatic rings. The number of aromatic nitrogens is 5. The third-order valence-electron chi connectivity index (χ3n) is 6.01. The van der Waals surface area contributed by atoms with Gasteiger partial charge >= 0.3 is 6.09 Å². The van der Waals surface area contributed by atoms with E-state index in [0.29, 0.717) is 12.7 Å². The summed E-state index contributed by atoms with van der Waals surface area (Å²) >= 11 is 0. The Morgan fingerprint density at radius 2 is 1.95 bits per heavy atom. The van der Waals surface area contributed by atoms with Gasteiger partial charge in [0.2, 0.25) is 5.95 Å². The Morgan fingerprint density at radius 1 is 1.19 bits per heavy atom. The molecule has 0 atom stereocenters. The number of rotatable bonds is 10. The Hall–Kier alpha value is -3.12. The first-order chi connectivity index (χ1) is 17.3. The van der Waals surface area contributed by atoms with Gasteiger partial charge in [0.25, 0.3) is 0 Å². The average molecular weight is 529 g/mol. The van der Waals surface area contributed by atoms with Gasteiger partial charge in [-0.2, -0.15) is 15.1 Å². The van der Waals surface area contributed by atoms with E-state index < -0.39 is 13.7 Å². The highest BCUT2D eigenvalue weighted by Gasteiger charge is 2.32. The molecular weight excluding hydrogens is 488 g/mol. The number of carbonyl (C=O) groups excluding carboxylic acids is 1. The van der Waals surface area contributed by atoms with Crippen molar-refractivity contribution in [1.82, 2.24) is 29.6 Å². The first-order valence-electron chi connectivity index (χ1n) is 12.8. The van der Waals surface area contributed by atoms with Crippen molar-refractivity contribution in [1.29, 1.82) is 0 Å². The Balaban J connectivity index is 1.46. The summed E-state index contributed by atoms with van der Waals surface area (Å²) < 4.78 is 15.1. The van der Waals surface area contributed by atoms with Crippen LogP contribution in [0.5, 0.6) is 0 Å². The number of fused-ring (bicyclic) bond motifs is 1. The second kappa shape index (κ2) is 10.7. The standard InChI is InChI=1S/C25H40N8O3Si/c1-25(2,3)36-24(34)29-18-12-17(13-18)27-21-20-8-9-33(16-35-10-11-37(5,6)7)22(20)31-23(30-21)28-19-14-26-32(4)15-19/h8-9,14-15,17-18H,10-13,16H2,1-7H3,(H,29,34)(H2,27,28,30,31). The number of aryl methyl sites for hydroxylation is 1. The number of amides is 1. The molecule has 0 saturated heterocycles. The summed E-state index contributed by atoms with van der Waals surface area (Å²) in [5.41, 5.74) is 1.09. The monoisotopic (exact) mass is 528 g/mol. The SMILES string of the molecule is Cn1cc(Nc2nc(NC3CC(NC(=O)OC(C)(C)C)C3)c3ccn(COCC[Si](C)(C)C)c3n2)cn1. The van der Waals surface area contributed by atoms with E-state index in [4.69, 9.17) is 19.4 Å². The van der Waals surface area contributed by atoms with Crippen LogP contribution < -0.4 is 16.0 Å². The van der Waals surface area contributed by atoms with Crippen molar-refractivity contribution in [3.63, 3.8) is 0 Å². The molecule has 37 heavy (non-hydrogen) atoms. The fourth-order valence-corrected chi connectivity index (χ4v) is 4.77. The molecular formula is C25H40N8O3Si. The molecule has 1 saturated carbocycles. The fraction of sp³-hybridized carbons (Fsp3) is 0.600. The third kappa shape index (κ3) is 7.68. The largest absolute Gasteiger partial charge is 0.444 e. The fourth-order valence-electron chi connectivity index (χ4n) is 4.01. The summed E-state index contributed by atoms with van der Waals surface area (Å²) in [5, 5.41) is 14.9. The molecule has 1 fully saturated rings. The third-order valence-corrected chi connectivity index (χ3v) is 7.71. The van der Waals surface area contributed by atoms with Gasteiger partial charge in [0, 0.05) is 46.2 Å². The lowest BCUT2D eigenvalue weighted by atomic mass is 9.87. The van der Waals surface area contributed by atoms with Gasteiger partial charge in [0.1, 0.15) is 23.8 Å². The minimum atomic E-state index is -1.16. The van der Waals surface area contributed by atoms with Crippen molar-refractivity contribution in [2.45, 2.75) is 83.7 Å². The van der Waals surface area contributed by atoms with E-state index in [1.807, 2.05) is 50.8 Å². The normalized spacial score (nSPS) is 17.9. The van der Waals surface area contributed by atoms with Crippen LogP contribution in [0.4, 0.5) is 22.2 Å². The smallest absolute Gasteiger partial charge is 0.407 e. The highest BCUT2D eigenvalue weighted by molar-refractivity contribution is 6.76. The lowest BCUT2D eigenvalue weighted by molar-refractivity contribution is 0.0475. The predicted octanol–water partition coefficient (Wildman–Crippen LogP) is 4.69. The number of nitrogens with one attached hydrogen (secondary N) is 3. The maximum Gasteiger partial charge on any atom is 0.407 e. The van der Waals surface area contributed by atoms with Gasteiger partial charge in [-0.3, -0.25) is 4.68 Å². The maximum atomic E-state index is 12.1. The van der Waals surface area contributed by atoms with Crippen molar-refractivity contribution in [2.24, 2.45) is 7.05 Å². The van der Waals surface area contributed by atoms with E-state index in [1.54, 1.807) is 10.9 Å². The molecule has 1 aliphatic carbocycles. The molecule has 0 bridgehead atoms. The molecule has 3 aromatic heterocycles. The molecule has 0 aromatic carbocycles. The zero-order chi connectivity index (χ0) is 26.8. The minimum absolute atomic E-state index is 0.0713. The zero-order valence-corrected chi connectivity index (χ0v) is 24.0. The van der Waals surface area contributed by atoms with Crippen LogP contribution in [-0.2, 0) is 23.3 Å². The second-order valence-corrected chi connectivity index (χ2v) is 17.6. The van der Waals surface area contributed by atoms with E-state index in [0.717, 1.165) is 48.0 Å². The van der Waals surface area contributed by atoms with Gasteiger partial charge in [-0.25, -0.2) is 4.79 Å². The summed E-state index contributed by atoms with van der Waals surface area (Å²) in [7, 11) is 0.706. The van der Waals surface area contributed by atoms with Crippen molar-refractivity contribution >= 4 is 42.7 Å². The highest BCUT2D eigenvalue weighted by atomic mass is 28.3. The Morgan fingerprint density at radius 3 is 2.59 bits per heavy atom. The summed E-state index contributed by atoms with van der Waals surface area (Å²) in [4.78, 5) is 21.6. The number of hydrogen-bond acceptors (Lipinski definition) is 8. The first-order valence-corrected chi connectivity index (χ1v) is 16.5. The second-order valence-electron chi connectivity index (χ2n) is 12.0. The van der Waals surface area contributed by atoms with Gasteiger partial charge in [-0.1, -0.05) is 19.6 Å². The summed E-state index contributed by atoms with van der Waals surface area (Å²) in [6.45, 7) is 13.8. The quantitative estimate of drug-likeness (QED) is 0.256. The van der Waals surface area contributed by atoms with Crippen LogP contribution in [-0.4, -0.2) is 62.8 Å². The number of carbonyl (C=O) groups is 1. The van der Waals surface area contributed by atoms with Crippen LogP contribution in [0.2, 0.25) is 25.7 Å². The molecule has 3 N–H and O–H groups in total. The summed E-state index contributed by atoms with van der Waals surface area (Å²) in [5.74, 6) is 1.23. The lowest BCUT2D eigenvalue weighted by Gasteiger charge is -2.37. The summed E-state index contributed by atoms with van der Waals surface area (Å²) in [6, 6.07) is 3.38. The molecule has 202 valence electrons. The molecule has 1 amide bonds. The molecule has 11 nitrogen and oxygen atoms in total. The van der Waals surface area contributed by atoms with Crippen LogP contribution in [0, 0.1) is 0 Å². The van der Waals surface area contributed by atoms with Crippen molar-refractivity contribution < 1.29 is 14.3 Å². The lowest BCUT2D eigenvalue weighted by Crippen LogP contribution is -2.50. The number of ether oxygens (including phenoxy) is 2. The molecule has 3 heterocycles. The zero-order valence-electron chi connectivity index (χ0n) is 23.0. The molecule has 3 aromatic rings. The number of alkyl carbamates (subject to hydrolysis) is 1. The number of nitrogens with zero attached hydrogens (tertiary/aromatic N) is 5. The first kappa shape index (κ1) is 26.9.